The first-order valence-corrected chi connectivity index (χ1v) is 6.22. The Hall–Kier alpha value is -0.0300. The normalized spacial score (nSPS) is 18.7. The minimum absolute atomic E-state index is 0. The fourth-order valence-electron chi connectivity index (χ4n) is 1.93. The van der Waals surface area contributed by atoms with Crippen molar-refractivity contribution in [1.29, 1.82) is 0 Å². The molecule has 110 valence electrons. The van der Waals surface area contributed by atoms with Crippen LogP contribution in [0.4, 0.5) is 0 Å². The van der Waals surface area contributed by atoms with Gasteiger partial charge in [-0.1, -0.05) is 13.8 Å². The minimum atomic E-state index is -0.369. The third kappa shape index (κ3) is 6.78. The van der Waals surface area contributed by atoms with Gasteiger partial charge in [0, 0.05) is 6.54 Å². The van der Waals surface area contributed by atoms with Gasteiger partial charge in [-0.3, -0.25) is 4.79 Å². The average molecular weight is 300 g/mol. The van der Waals surface area contributed by atoms with Crippen LogP contribution in [0.1, 0.15) is 26.7 Å². The molecule has 0 radical (unpaired) electrons. The summed E-state index contributed by atoms with van der Waals surface area (Å²) >= 11 is 0. The predicted octanol–water partition coefficient (Wildman–Crippen LogP) is 1.27. The highest BCUT2D eigenvalue weighted by Gasteiger charge is 2.20. The summed E-state index contributed by atoms with van der Waals surface area (Å²) in [5, 5.41) is 2.97. The lowest BCUT2D eigenvalue weighted by atomic mass is 9.96. The number of hydrogen-bond donors (Lipinski definition) is 2. The fraction of sp³-hybridized carbons (Fsp3) is 0.917. The molecule has 0 aliphatic carbocycles. The van der Waals surface area contributed by atoms with Crippen molar-refractivity contribution < 1.29 is 4.79 Å². The maximum absolute atomic E-state index is 11.6. The second kappa shape index (κ2) is 9.84. The molecule has 0 aromatic carbocycles. The molecule has 4 nitrogen and oxygen atoms in total. The molecular weight excluding hydrogens is 273 g/mol. The number of hydrogen-bond acceptors (Lipinski definition) is 3. The van der Waals surface area contributed by atoms with Crippen molar-refractivity contribution >= 4 is 30.7 Å². The lowest BCUT2D eigenvalue weighted by Crippen LogP contribution is -2.46. The molecule has 1 aliphatic heterocycles. The zero-order valence-electron chi connectivity index (χ0n) is 11.5. The van der Waals surface area contributed by atoms with Crippen molar-refractivity contribution in [1.82, 2.24) is 10.2 Å². The van der Waals surface area contributed by atoms with E-state index in [2.05, 4.69) is 17.3 Å². The van der Waals surface area contributed by atoms with Gasteiger partial charge in [0.1, 0.15) is 0 Å². The van der Waals surface area contributed by atoms with Crippen molar-refractivity contribution in [2.45, 2.75) is 32.7 Å². The Morgan fingerprint density at radius 1 is 1.33 bits per heavy atom. The second-order valence-corrected chi connectivity index (χ2v) is 5.26. The zero-order valence-corrected chi connectivity index (χ0v) is 13.1. The van der Waals surface area contributed by atoms with Crippen LogP contribution in [0.2, 0.25) is 0 Å². The first kappa shape index (κ1) is 20.3. The van der Waals surface area contributed by atoms with Crippen molar-refractivity contribution in [3.63, 3.8) is 0 Å². The van der Waals surface area contributed by atoms with E-state index >= 15 is 0 Å². The van der Waals surface area contributed by atoms with Crippen molar-refractivity contribution in [2.75, 3.05) is 26.7 Å². The molecule has 1 atom stereocenters. The first-order valence-electron chi connectivity index (χ1n) is 6.22. The fourth-order valence-corrected chi connectivity index (χ4v) is 1.93. The number of halogens is 2. The van der Waals surface area contributed by atoms with Gasteiger partial charge in [0.15, 0.2) is 0 Å². The van der Waals surface area contributed by atoms with E-state index < -0.39 is 0 Å². The number of nitrogens with two attached hydrogens (primary N) is 1. The minimum Gasteiger partial charge on any atom is -0.354 e. The van der Waals surface area contributed by atoms with Gasteiger partial charge in [-0.2, -0.15) is 0 Å². The molecule has 0 bridgehead atoms. The lowest BCUT2D eigenvalue weighted by Gasteiger charge is -2.29. The van der Waals surface area contributed by atoms with E-state index in [-0.39, 0.29) is 42.7 Å². The molecule has 1 rings (SSSR count). The number of rotatable bonds is 4. The highest BCUT2D eigenvalue weighted by Crippen LogP contribution is 2.14. The van der Waals surface area contributed by atoms with Crippen LogP contribution in [-0.4, -0.2) is 43.5 Å². The van der Waals surface area contributed by atoms with Crippen LogP contribution in [0, 0.1) is 11.8 Å². The number of carbonyl (C=O) groups excluding carboxylic acids is 1. The van der Waals surface area contributed by atoms with Crippen LogP contribution >= 0.6 is 24.8 Å². The molecule has 1 saturated heterocycles. The van der Waals surface area contributed by atoms with Gasteiger partial charge >= 0.3 is 0 Å². The smallest absolute Gasteiger partial charge is 0.237 e. The molecule has 1 heterocycles. The molecule has 3 N–H and O–H groups in total. The van der Waals surface area contributed by atoms with E-state index in [1.165, 1.54) is 12.8 Å². The van der Waals surface area contributed by atoms with E-state index in [9.17, 15) is 4.79 Å². The van der Waals surface area contributed by atoms with E-state index in [0.717, 1.165) is 19.6 Å². The van der Waals surface area contributed by atoms with Gasteiger partial charge in [0.2, 0.25) is 5.91 Å². The Kier molecular flexibility index (Phi) is 11.1. The molecule has 18 heavy (non-hydrogen) atoms. The van der Waals surface area contributed by atoms with E-state index in [1.54, 1.807) is 0 Å². The summed E-state index contributed by atoms with van der Waals surface area (Å²) in [7, 11) is 2.14. The van der Waals surface area contributed by atoms with Gasteiger partial charge in [-0.25, -0.2) is 0 Å². The summed E-state index contributed by atoms with van der Waals surface area (Å²) in [5.41, 5.74) is 5.78. The molecule has 0 saturated carbocycles. The second-order valence-electron chi connectivity index (χ2n) is 5.26. The Morgan fingerprint density at radius 2 is 1.83 bits per heavy atom. The molecule has 0 spiro atoms. The molecule has 6 heteroatoms. The monoisotopic (exact) mass is 299 g/mol. The predicted molar refractivity (Wildman–Crippen MR) is 80.5 cm³/mol. The summed E-state index contributed by atoms with van der Waals surface area (Å²) in [6, 6.07) is -0.369. The van der Waals surface area contributed by atoms with E-state index in [1.807, 2.05) is 13.8 Å². The number of amides is 1. The largest absolute Gasteiger partial charge is 0.354 e. The van der Waals surface area contributed by atoms with Gasteiger partial charge in [-0.05, 0) is 44.8 Å². The van der Waals surface area contributed by atoms with Crippen molar-refractivity contribution in [3.8, 4) is 0 Å². The molecular formula is C12H27Cl2N3O. The Morgan fingerprint density at radius 3 is 2.28 bits per heavy atom. The third-order valence-electron chi connectivity index (χ3n) is 3.42. The SMILES string of the molecule is CC(C)[C@@H](N)C(=O)NCC1CCN(C)CC1.Cl.Cl. The number of piperidine rings is 1. The van der Waals surface area contributed by atoms with Crippen LogP contribution in [0.15, 0.2) is 0 Å². The summed E-state index contributed by atoms with van der Waals surface area (Å²) in [4.78, 5) is 14.0. The van der Waals surface area contributed by atoms with Crippen LogP contribution in [0.5, 0.6) is 0 Å². The number of nitrogens with zero attached hydrogens (tertiary/aromatic N) is 1. The Labute approximate surface area is 123 Å². The van der Waals surface area contributed by atoms with Crippen LogP contribution in [0.25, 0.3) is 0 Å². The first-order chi connectivity index (χ1) is 7.50. The van der Waals surface area contributed by atoms with E-state index in [4.69, 9.17) is 5.73 Å². The highest BCUT2D eigenvalue weighted by atomic mass is 35.5. The number of carbonyl (C=O) groups is 1. The van der Waals surface area contributed by atoms with Gasteiger partial charge < -0.3 is 16.0 Å². The maximum Gasteiger partial charge on any atom is 0.237 e. The highest BCUT2D eigenvalue weighted by molar-refractivity contribution is 5.85. The van der Waals surface area contributed by atoms with Crippen LogP contribution in [-0.2, 0) is 4.79 Å². The summed E-state index contributed by atoms with van der Waals surface area (Å²) in [5.74, 6) is 0.825. The summed E-state index contributed by atoms with van der Waals surface area (Å²) in [6.07, 6.45) is 2.35. The van der Waals surface area contributed by atoms with Gasteiger partial charge in [-0.15, -0.1) is 24.8 Å². The molecule has 0 aromatic rings. The summed E-state index contributed by atoms with van der Waals surface area (Å²) < 4.78 is 0. The third-order valence-corrected chi connectivity index (χ3v) is 3.42. The van der Waals surface area contributed by atoms with E-state index in [0.29, 0.717) is 5.92 Å². The molecule has 1 fully saturated rings. The van der Waals surface area contributed by atoms with Crippen LogP contribution < -0.4 is 11.1 Å². The average Bonchev–Trinajstić information content (AvgIpc) is 2.26. The standard InChI is InChI=1S/C12H25N3O.2ClH/c1-9(2)11(13)12(16)14-8-10-4-6-15(3)7-5-10;;/h9-11H,4-8,13H2,1-3H3,(H,14,16);2*1H/t11-;;/m1../s1. The Bertz CT molecular complexity index is 231. The summed E-state index contributed by atoms with van der Waals surface area (Å²) in [6.45, 7) is 7.00. The maximum atomic E-state index is 11.6. The molecule has 0 aromatic heterocycles. The van der Waals surface area contributed by atoms with Crippen molar-refractivity contribution in [2.24, 2.45) is 17.6 Å². The van der Waals surface area contributed by atoms with Crippen LogP contribution in [0.3, 0.4) is 0 Å². The lowest BCUT2D eigenvalue weighted by molar-refractivity contribution is -0.123. The Balaban J connectivity index is 0. The van der Waals surface area contributed by atoms with Gasteiger partial charge in [0.05, 0.1) is 6.04 Å². The topological polar surface area (TPSA) is 58.4 Å². The molecule has 1 aliphatic rings. The number of likely N-dealkylation sites (tertiary alicyclic amines) is 1. The quantitative estimate of drug-likeness (QED) is 0.822. The molecule has 0 unspecified atom stereocenters. The van der Waals surface area contributed by atoms with Gasteiger partial charge in [0.25, 0.3) is 0 Å². The number of nitrogens with one attached hydrogen (secondary N) is 1. The zero-order chi connectivity index (χ0) is 12.1. The molecule has 1 amide bonds. The van der Waals surface area contributed by atoms with Crippen molar-refractivity contribution in [3.05, 3.63) is 0 Å².